The fourth-order valence-corrected chi connectivity index (χ4v) is 5.63. The molecule has 2 aromatic carbocycles. The second-order valence-electron chi connectivity index (χ2n) is 9.49. The number of rotatable bonds is 11. The van der Waals surface area contributed by atoms with Crippen molar-refractivity contribution in [1.82, 2.24) is 10.2 Å². The van der Waals surface area contributed by atoms with Gasteiger partial charge in [0.2, 0.25) is 11.8 Å². The second-order valence-corrected chi connectivity index (χ2v) is 10.5. The highest BCUT2D eigenvalue weighted by atomic mass is 32.1. The van der Waals surface area contributed by atoms with Crippen LogP contribution in [-0.2, 0) is 22.6 Å². The number of amides is 2. The molecule has 0 saturated heterocycles. The summed E-state index contributed by atoms with van der Waals surface area (Å²) in [5, 5.41) is 5.22. The van der Waals surface area contributed by atoms with Crippen molar-refractivity contribution in [3.05, 3.63) is 76.0 Å². The molecule has 1 aliphatic rings. The van der Waals surface area contributed by atoms with E-state index in [2.05, 4.69) is 5.32 Å². The van der Waals surface area contributed by atoms with Crippen molar-refractivity contribution in [3.8, 4) is 17.2 Å². The van der Waals surface area contributed by atoms with Crippen molar-refractivity contribution < 1.29 is 23.8 Å². The van der Waals surface area contributed by atoms with E-state index in [9.17, 15) is 9.59 Å². The number of hydrogen-bond acceptors (Lipinski definition) is 6. The van der Waals surface area contributed by atoms with Crippen molar-refractivity contribution in [3.63, 3.8) is 0 Å². The maximum Gasteiger partial charge on any atom is 0.247 e. The lowest BCUT2D eigenvalue weighted by molar-refractivity contribution is -0.141. The third kappa shape index (κ3) is 6.86. The van der Waals surface area contributed by atoms with E-state index in [4.69, 9.17) is 14.2 Å². The molecule has 8 heteroatoms. The van der Waals surface area contributed by atoms with Gasteiger partial charge in [-0.25, -0.2) is 0 Å². The summed E-state index contributed by atoms with van der Waals surface area (Å²) in [7, 11) is 4.76. The Balaban J connectivity index is 1.74. The molecule has 1 aromatic heterocycles. The van der Waals surface area contributed by atoms with Gasteiger partial charge in [0.1, 0.15) is 11.8 Å². The van der Waals surface area contributed by atoms with Crippen molar-refractivity contribution in [2.75, 3.05) is 21.3 Å². The van der Waals surface area contributed by atoms with E-state index in [0.29, 0.717) is 17.1 Å². The minimum absolute atomic E-state index is 0.106. The Labute approximate surface area is 228 Å². The fraction of sp³-hybridized carbons (Fsp3) is 0.400. The Bertz CT molecular complexity index is 1190. The van der Waals surface area contributed by atoms with E-state index in [1.165, 1.54) is 17.8 Å². The summed E-state index contributed by atoms with van der Waals surface area (Å²) in [6.45, 7) is 0.269. The smallest absolute Gasteiger partial charge is 0.247 e. The molecule has 38 heavy (non-hydrogen) atoms. The molecule has 1 atom stereocenters. The highest BCUT2D eigenvalue weighted by molar-refractivity contribution is 7.10. The molecule has 0 spiro atoms. The molecule has 1 N–H and O–H groups in total. The van der Waals surface area contributed by atoms with Gasteiger partial charge in [0.15, 0.2) is 11.5 Å². The van der Waals surface area contributed by atoms with Crippen LogP contribution in [0.5, 0.6) is 17.2 Å². The minimum atomic E-state index is -0.841. The van der Waals surface area contributed by atoms with Crippen LogP contribution in [0.2, 0.25) is 0 Å². The van der Waals surface area contributed by atoms with Gasteiger partial charge in [0, 0.05) is 17.5 Å². The standard InChI is InChI=1S/C30H36N2O5S/c1-35-24-14-11-21(12-15-24)20-32(28(33)19-25-10-7-17-38-25)29(30(34)31-23-8-5-4-6-9-23)22-13-16-26(36-2)27(18-22)37-3/h7,10-18,23,29H,4-6,8-9,19-20H2,1-3H3,(H,31,34)/t29-/m0/s1. The number of hydrogen-bond donors (Lipinski definition) is 1. The number of methoxy groups -OCH3 is 3. The molecule has 1 fully saturated rings. The first kappa shape index (κ1) is 27.5. The van der Waals surface area contributed by atoms with Crippen LogP contribution in [0.4, 0.5) is 0 Å². The number of nitrogens with one attached hydrogen (secondary N) is 1. The summed E-state index contributed by atoms with van der Waals surface area (Å²) in [6.07, 6.45) is 5.50. The van der Waals surface area contributed by atoms with Crippen LogP contribution in [-0.4, -0.2) is 44.1 Å². The Morgan fingerprint density at radius 2 is 1.68 bits per heavy atom. The van der Waals surface area contributed by atoms with Gasteiger partial charge in [-0.15, -0.1) is 11.3 Å². The molecule has 7 nitrogen and oxygen atoms in total. The van der Waals surface area contributed by atoms with Crippen LogP contribution < -0.4 is 19.5 Å². The number of carbonyl (C=O) groups is 2. The highest BCUT2D eigenvalue weighted by Crippen LogP contribution is 2.34. The molecule has 3 aromatic rings. The van der Waals surface area contributed by atoms with E-state index in [1.807, 2.05) is 47.8 Å². The van der Waals surface area contributed by atoms with Crippen LogP contribution in [0.1, 0.15) is 54.1 Å². The van der Waals surface area contributed by atoms with Gasteiger partial charge in [-0.1, -0.05) is 43.5 Å². The number of thiophene rings is 1. The molecular weight excluding hydrogens is 500 g/mol. The Hall–Kier alpha value is -3.52. The molecule has 0 radical (unpaired) electrons. The predicted octanol–water partition coefficient (Wildman–Crippen LogP) is 5.54. The minimum Gasteiger partial charge on any atom is -0.497 e. The van der Waals surface area contributed by atoms with Crippen LogP contribution in [0, 0.1) is 0 Å². The van der Waals surface area contributed by atoms with Crippen molar-refractivity contribution >= 4 is 23.2 Å². The number of carbonyl (C=O) groups excluding carboxylic acids is 2. The predicted molar refractivity (Wildman–Crippen MR) is 149 cm³/mol. The van der Waals surface area contributed by atoms with Crippen molar-refractivity contribution in [2.45, 2.75) is 57.2 Å². The van der Waals surface area contributed by atoms with Crippen molar-refractivity contribution in [2.24, 2.45) is 0 Å². The van der Waals surface area contributed by atoms with Crippen molar-refractivity contribution in [1.29, 1.82) is 0 Å². The Morgan fingerprint density at radius 3 is 2.32 bits per heavy atom. The zero-order chi connectivity index (χ0) is 26.9. The summed E-state index contributed by atoms with van der Waals surface area (Å²) in [5.41, 5.74) is 1.57. The Morgan fingerprint density at radius 1 is 0.947 bits per heavy atom. The van der Waals surface area contributed by atoms with Gasteiger partial charge < -0.3 is 24.4 Å². The number of benzene rings is 2. The summed E-state index contributed by atoms with van der Waals surface area (Å²) < 4.78 is 16.3. The van der Waals surface area contributed by atoms with Crippen LogP contribution in [0.3, 0.4) is 0 Å². The molecular formula is C30H36N2O5S. The molecule has 1 saturated carbocycles. The van der Waals surface area contributed by atoms with Gasteiger partial charge in [0.05, 0.1) is 27.8 Å². The third-order valence-corrected chi connectivity index (χ3v) is 7.85. The lowest BCUT2D eigenvalue weighted by Gasteiger charge is -2.34. The quantitative estimate of drug-likeness (QED) is 0.348. The topological polar surface area (TPSA) is 77.1 Å². The first-order valence-corrected chi connectivity index (χ1v) is 13.9. The van der Waals surface area contributed by atoms with E-state index in [-0.39, 0.29) is 30.8 Å². The average Bonchev–Trinajstić information content (AvgIpc) is 3.46. The highest BCUT2D eigenvalue weighted by Gasteiger charge is 2.34. The fourth-order valence-electron chi connectivity index (χ4n) is 4.94. The third-order valence-electron chi connectivity index (χ3n) is 6.97. The summed E-state index contributed by atoms with van der Waals surface area (Å²) in [5.74, 6) is 1.50. The number of ether oxygens (including phenoxy) is 3. The zero-order valence-electron chi connectivity index (χ0n) is 22.3. The maximum absolute atomic E-state index is 14.0. The average molecular weight is 537 g/mol. The lowest BCUT2D eigenvalue weighted by Crippen LogP contribution is -2.47. The monoisotopic (exact) mass is 536 g/mol. The molecule has 0 aliphatic heterocycles. The van der Waals surface area contributed by atoms with E-state index in [1.54, 1.807) is 38.4 Å². The molecule has 1 heterocycles. The molecule has 0 unspecified atom stereocenters. The van der Waals surface area contributed by atoms with Crippen LogP contribution in [0.25, 0.3) is 0 Å². The van der Waals surface area contributed by atoms with Gasteiger partial charge in [0.25, 0.3) is 0 Å². The maximum atomic E-state index is 14.0. The number of nitrogens with zero attached hydrogens (tertiary/aromatic N) is 1. The van der Waals surface area contributed by atoms with Crippen LogP contribution in [0.15, 0.2) is 60.0 Å². The van der Waals surface area contributed by atoms with Crippen LogP contribution >= 0.6 is 11.3 Å². The summed E-state index contributed by atoms with van der Waals surface area (Å²) >= 11 is 1.53. The van der Waals surface area contributed by atoms with Gasteiger partial charge >= 0.3 is 0 Å². The van der Waals surface area contributed by atoms with E-state index < -0.39 is 6.04 Å². The SMILES string of the molecule is COc1ccc(CN(C(=O)Cc2cccs2)[C@H](C(=O)NC2CCCCC2)c2ccc(OC)c(OC)c2)cc1. The zero-order valence-corrected chi connectivity index (χ0v) is 23.1. The summed E-state index contributed by atoms with van der Waals surface area (Å²) in [4.78, 5) is 30.5. The second kappa shape index (κ2) is 13.3. The van der Waals surface area contributed by atoms with Gasteiger partial charge in [-0.3, -0.25) is 9.59 Å². The first-order valence-electron chi connectivity index (χ1n) is 13.0. The first-order chi connectivity index (χ1) is 18.5. The Kier molecular flexibility index (Phi) is 9.65. The largest absolute Gasteiger partial charge is 0.497 e. The van der Waals surface area contributed by atoms with E-state index >= 15 is 0 Å². The normalized spacial score (nSPS) is 14.4. The lowest BCUT2D eigenvalue weighted by atomic mass is 9.94. The summed E-state index contributed by atoms with van der Waals surface area (Å²) in [6, 6.07) is 16.1. The molecule has 2 amide bonds. The van der Waals surface area contributed by atoms with E-state index in [0.717, 1.165) is 41.9 Å². The molecule has 4 rings (SSSR count). The molecule has 1 aliphatic carbocycles. The molecule has 0 bridgehead atoms. The van der Waals surface area contributed by atoms with Gasteiger partial charge in [-0.2, -0.15) is 0 Å². The van der Waals surface area contributed by atoms with Gasteiger partial charge in [-0.05, 0) is 59.7 Å². The molecule has 202 valence electrons.